The van der Waals surface area contributed by atoms with E-state index >= 15 is 0 Å². The van der Waals surface area contributed by atoms with E-state index in [0.717, 1.165) is 6.07 Å². The van der Waals surface area contributed by atoms with Crippen molar-refractivity contribution in [1.29, 1.82) is 0 Å². The molecule has 0 atom stereocenters. The third kappa shape index (κ3) is 3.66. The molecule has 0 radical (unpaired) electrons. The summed E-state index contributed by atoms with van der Waals surface area (Å²) in [6.07, 6.45) is 1.46. The zero-order chi connectivity index (χ0) is 23.1. The highest BCUT2D eigenvalue weighted by Crippen LogP contribution is 2.32. The van der Waals surface area contributed by atoms with Gasteiger partial charge in [-0.25, -0.2) is 0 Å². The van der Waals surface area contributed by atoms with E-state index in [2.05, 4.69) is 15.0 Å². The first-order valence-corrected chi connectivity index (χ1v) is 9.02. The fourth-order valence-electron chi connectivity index (χ4n) is 3.14. The fraction of sp³-hybridized carbons (Fsp3) is 0.174. The predicted octanol–water partition coefficient (Wildman–Crippen LogP) is 5.45. The van der Waals surface area contributed by atoms with Gasteiger partial charge in [0.1, 0.15) is 0 Å². The number of hydrogen-bond donors (Lipinski definition) is 1. The van der Waals surface area contributed by atoms with E-state index in [9.17, 15) is 8.78 Å². The Balaban J connectivity index is 1.71. The van der Waals surface area contributed by atoms with Crippen LogP contribution in [-0.4, -0.2) is 19.9 Å². The third-order valence-corrected chi connectivity index (χ3v) is 4.83. The molecule has 0 aliphatic carbocycles. The van der Waals surface area contributed by atoms with Gasteiger partial charge in [-0.2, -0.15) is 13.8 Å². The first-order chi connectivity index (χ1) is 15.1. The highest BCUT2D eigenvalue weighted by molar-refractivity contribution is 5.59. The van der Waals surface area contributed by atoms with E-state index in [1.165, 1.54) is 12.3 Å². The summed E-state index contributed by atoms with van der Waals surface area (Å²) in [5, 5.41) is 0. The van der Waals surface area contributed by atoms with Gasteiger partial charge < -0.3 is 4.98 Å². The lowest BCUT2D eigenvalue weighted by Crippen LogP contribution is -2.22. The molecule has 0 spiro atoms. The Morgan fingerprint density at radius 3 is 2.24 bits per heavy atom. The van der Waals surface area contributed by atoms with Gasteiger partial charge in [-0.15, -0.1) is 0 Å². The predicted molar refractivity (Wildman–Crippen MR) is 108 cm³/mol. The van der Waals surface area contributed by atoms with Gasteiger partial charge in [0.05, 0.1) is 34.0 Å². The second kappa shape index (κ2) is 7.20. The monoisotopic (exact) mass is 393 g/mol. The molecule has 0 aromatic carbocycles. The largest absolute Gasteiger partial charge is 0.360 e. The lowest BCUT2D eigenvalue weighted by molar-refractivity contribution is 0.514. The van der Waals surface area contributed by atoms with Crippen LogP contribution in [0.15, 0.2) is 60.8 Å². The second-order valence-corrected chi connectivity index (χ2v) is 7.22. The molecule has 1 N–H and O–H groups in total. The fourth-order valence-corrected chi connectivity index (χ4v) is 3.14. The number of hydrogen-bond acceptors (Lipinski definition) is 3. The average Bonchev–Trinajstić information content (AvgIpc) is 3.25. The maximum atomic E-state index is 14.2. The van der Waals surface area contributed by atoms with Gasteiger partial charge in [-0.1, -0.05) is 12.1 Å². The summed E-state index contributed by atoms with van der Waals surface area (Å²) in [6.45, 7) is 1.67. The smallest absolute Gasteiger partial charge is 0.224 e. The maximum Gasteiger partial charge on any atom is 0.224 e. The van der Waals surface area contributed by atoms with E-state index < -0.39 is 24.2 Å². The van der Waals surface area contributed by atoms with Crippen LogP contribution in [0.3, 0.4) is 0 Å². The highest BCUT2D eigenvalue weighted by atomic mass is 19.1. The van der Waals surface area contributed by atoms with Crippen molar-refractivity contribution in [3.05, 3.63) is 89.6 Å². The molecule has 6 heteroatoms. The molecule has 0 saturated heterocycles. The second-order valence-electron chi connectivity index (χ2n) is 7.22. The summed E-state index contributed by atoms with van der Waals surface area (Å²) < 4.78 is 50.0. The number of rotatable bonds is 4. The summed E-state index contributed by atoms with van der Waals surface area (Å²) in [4.78, 5) is 15.5. The number of nitrogens with one attached hydrogen (secondary N) is 1. The molecular formula is C23H20F2N4. The molecule has 0 fully saturated rings. The van der Waals surface area contributed by atoms with Crippen LogP contribution in [0.2, 0.25) is 0 Å². The van der Waals surface area contributed by atoms with Crippen LogP contribution in [0.25, 0.3) is 22.6 Å². The van der Waals surface area contributed by atoms with E-state index in [1.54, 1.807) is 24.3 Å². The minimum Gasteiger partial charge on any atom is -0.360 e. The number of aryl methyl sites for hydroxylation is 1. The first-order valence-electron chi connectivity index (χ1n) is 10.5. The van der Waals surface area contributed by atoms with Crippen LogP contribution in [0, 0.1) is 18.7 Å². The van der Waals surface area contributed by atoms with Gasteiger partial charge in [0.2, 0.25) is 11.9 Å². The molecule has 4 aromatic rings. The Morgan fingerprint density at radius 2 is 1.59 bits per heavy atom. The van der Waals surface area contributed by atoms with Gasteiger partial charge in [0.15, 0.2) is 0 Å². The number of halogens is 2. The van der Waals surface area contributed by atoms with Gasteiger partial charge in [0, 0.05) is 15.7 Å². The molecule has 0 saturated carbocycles. The van der Waals surface area contributed by atoms with Crippen molar-refractivity contribution >= 4 is 0 Å². The van der Waals surface area contributed by atoms with Crippen molar-refractivity contribution < 1.29 is 12.9 Å². The maximum absolute atomic E-state index is 14.2. The van der Waals surface area contributed by atoms with Gasteiger partial charge in [-0.3, -0.25) is 9.97 Å². The van der Waals surface area contributed by atoms with Crippen LogP contribution < -0.4 is 0 Å². The van der Waals surface area contributed by atoms with E-state index in [4.69, 9.17) is 9.10 Å². The van der Waals surface area contributed by atoms with Crippen LogP contribution in [-0.2, 0) is 5.41 Å². The summed E-state index contributed by atoms with van der Waals surface area (Å²) >= 11 is 0. The molecule has 4 rings (SSSR count). The van der Waals surface area contributed by atoms with Crippen LogP contribution >= 0.6 is 0 Å². The molecule has 4 heterocycles. The van der Waals surface area contributed by atoms with Gasteiger partial charge in [0.25, 0.3) is 0 Å². The van der Waals surface area contributed by atoms with Crippen LogP contribution in [0.4, 0.5) is 8.78 Å². The van der Waals surface area contributed by atoms with Crippen molar-refractivity contribution in [2.75, 3.05) is 0 Å². The number of pyridine rings is 3. The minimum atomic E-state index is -2.21. The van der Waals surface area contributed by atoms with Crippen molar-refractivity contribution in [3.8, 4) is 22.6 Å². The third-order valence-electron chi connectivity index (χ3n) is 4.83. The Hall–Kier alpha value is -3.41. The number of nitrogens with zero attached hydrogens (tertiary/aromatic N) is 3. The van der Waals surface area contributed by atoms with Crippen molar-refractivity contribution in [2.45, 2.75) is 26.1 Å². The minimum absolute atomic E-state index is 0.106. The highest BCUT2D eigenvalue weighted by Gasteiger charge is 2.27. The van der Waals surface area contributed by atoms with Crippen molar-refractivity contribution in [3.63, 3.8) is 0 Å². The molecular weight excluding hydrogens is 370 g/mol. The summed E-state index contributed by atoms with van der Waals surface area (Å²) in [6, 6.07) is 14.6. The summed E-state index contributed by atoms with van der Waals surface area (Å²) in [5.74, 6) is -1.82. The summed E-state index contributed by atoms with van der Waals surface area (Å²) in [5.41, 5.74) is 2.52. The standard InChI is InChI=1S/C23H20F2N4/c1-14-12-18(26-13-14)17-7-5-9-20(28-17)23(2,3)19-8-4-6-16(27-19)15-10-11-21(24)29-22(15)25/h4-13,26H,1-3H3/i1D3. The lowest BCUT2D eigenvalue weighted by Gasteiger charge is -2.24. The molecule has 0 unspecified atom stereocenters. The normalized spacial score (nSPS) is 13.6. The number of aromatic nitrogens is 4. The van der Waals surface area contributed by atoms with Crippen molar-refractivity contribution in [2.24, 2.45) is 0 Å². The molecule has 29 heavy (non-hydrogen) atoms. The molecule has 0 aliphatic rings. The van der Waals surface area contributed by atoms with Crippen LogP contribution in [0.1, 0.15) is 34.9 Å². The number of H-pyrrole nitrogens is 1. The molecule has 0 aliphatic heterocycles. The van der Waals surface area contributed by atoms with Crippen molar-refractivity contribution in [1.82, 2.24) is 19.9 Å². The van der Waals surface area contributed by atoms with Gasteiger partial charge >= 0.3 is 0 Å². The first kappa shape index (κ1) is 15.5. The van der Waals surface area contributed by atoms with Gasteiger partial charge in [-0.05, 0) is 68.7 Å². The summed E-state index contributed by atoms with van der Waals surface area (Å²) in [7, 11) is 0. The Labute approximate surface area is 171 Å². The molecule has 0 bridgehead atoms. The van der Waals surface area contributed by atoms with E-state index in [1.807, 2.05) is 32.0 Å². The quantitative estimate of drug-likeness (QED) is 0.469. The number of aromatic amines is 1. The topological polar surface area (TPSA) is 54.5 Å². The van der Waals surface area contributed by atoms with Crippen LogP contribution in [0.5, 0.6) is 0 Å². The zero-order valence-electron chi connectivity index (χ0n) is 18.9. The lowest BCUT2D eigenvalue weighted by atomic mass is 9.84. The van der Waals surface area contributed by atoms with E-state index in [0.29, 0.717) is 28.5 Å². The molecule has 4 nitrogen and oxygen atoms in total. The molecule has 4 aromatic heterocycles. The molecule has 146 valence electrons. The Kier molecular flexibility index (Phi) is 3.85. The SMILES string of the molecule is [2H]C([2H])([2H])c1c[nH]c(-c2cccc(C(C)(C)c3cccc(-c4ccc(F)nc4F)n3)n2)c1. The average molecular weight is 393 g/mol. The molecule has 0 amide bonds. The zero-order valence-corrected chi connectivity index (χ0v) is 15.9. The van der Waals surface area contributed by atoms with E-state index in [-0.39, 0.29) is 11.1 Å². The Bertz CT molecular complexity index is 1280. The Morgan fingerprint density at radius 1 is 0.897 bits per heavy atom.